The van der Waals surface area contributed by atoms with Gasteiger partial charge in [0.1, 0.15) is 16.4 Å². The summed E-state index contributed by atoms with van der Waals surface area (Å²) >= 11 is 11.5. The van der Waals surface area contributed by atoms with Gasteiger partial charge in [-0.15, -0.1) is 6.42 Å². The van der Waals surface area contributed by atoms with Crippen molar-refractivity contribution in [2.75, 3.05) is 5.73 Å². The minimum Gasteiger partial charge on any atom is -0.383 e. The van der Waals surface area contributed by atoms with Crippen LogP contribution in [0.2, 0.25) is 10.0 Å². The van der Waals surface area contributed by atoms with Crippen molar-refractivity contribution in [3.8, 4) is 18.0 Å². The predicted octanol–water partition coefficient (Wildman–Crippen LogP) is 4.39. The third-order valence-corrected chi connectivity index (χ3v) is 4.73. The topological polar surface area (TPSA) is 60.9 Å². The van der Waals surface area contributed by atoms with Gasteiger partial charge < -0.3 is 5.73 Å². The van der Waals surface area contributed by atoms with E-state index in [0.717, 1.165) is 0 Å². The molecule has 1 unspecified atom stereocenters. The van der Waals surface area contributed by atoms with Crippen LogP contribution in [0, 0.1) is 12.3 Å². The summed E-state index contributed by atoms with van der Waals surface area (Å²) in [5, 5.41) is 2.35. The molecule has 1 aromatic heterocycles. The third-order valence-electron chi connectivity index (χ3n) is 2.96. The fourth-order valence-electron chi connectivity index (χ4n) is 1.91. The molecule has 2 N–H and O–H groups in total. The Bertz CT molecular complexity index is 922. The molecular weight excluding hydrogens is 431 g/mol. The number of terminal acetylenes is 1. The molecule has 0 fully saturated rings. The summed E-state index contributed by atoms with van der Waals surface area (Å²) in [7, 11) is -3.63. The first-order chi connectivity index (χ1) is 11.8. The second-order valence-electron chi connectivity index (χ2n) is 4.62. The van der Waals surface area contributed by atoms with Crippen molar-refractivity contribution in [1.82, 2.24) is 9.78 Å². The molecule has 0 aliphatic carbocycles. The van der Waals surface area contributed by atoms with Crippen LogP contribution in [0.5, 0.6) is 0 Å². The van der Waals surface area contributed by atoms with E-state index in [1.54, 1.807) is 5.92 Å². The second kappa shape index (κ2) is 6.68. The Hall–Kier alpha value is -1.90. The Labute approximate surface area is 154 Å². The standard InChI is InChI=1S/C13H5Cl2F6N3OS/c1-2-8-10(26(25)13(19,20)21)11(22)24(23-8)9-6(14)3-5(4-7(9)15)12(16,17)18/h1,3-4H,22H2. The van der Waals surface area contributed by atoms with E-state index in [-0.39, 0.29) is 0 Å². The van der Waals surface area contributed by atoms with Gasteiger partial charge in [0.15, 0.2) is 16.5 Å². The number of rotatable bonds is 2. The molecule has 4 nitrogen and oxygen atoms in total. The number of hydrogen-bond acceptors (Lipinski definition) is 3. The lowest BCUT2D eigenvalue weighted by Crippen LogP contribution is -2.18. The van der Waals surface area contributed by atoms with E-state index in [4.69, 9.17) is 35.4 Å². The fraction of sp³-hybridized carbons (Fsp3) is 0.154. The SMILES string of the molecule is C#Cc1nn(-c2c(Cl)cc(C(F)(F)F)cc2Cl)c(N)c1S(=O)C(F)(F)F. The highest BCUT2D eigenvalue weighted by Crippen LogP contribution is 2.40. The Kier molecular flexibility index (Phi) is 5.24. The Morgan fingerprint density at radius 1 is 1.15 bits per heavy atom. The van der Waals surface area contributed by atoms with Crippen LogP contribution >= 0.6 is 23.2 Å². The van der Waals surface area contributed by atoms with Gasteiger partial charge >= 0.3 is 11.7 Å². The minimum atomic E-state index is -5.19. The molecule has 1 atom stereocenters. The number of nitrogen functional groups attached to an aromatic ring is 1. The van der Waals surface area contributed by atoms with E-state index in [2.05, 4.69) is 5.10 Å². The molecule has 26 heavy (non-hydrogen) atoms. The molecular formula is C13H5Cl2F6N3OS. The quantitative estimate of drug-likeness (QED) is 0.562. The summed E-state index contributed by atoms with van der Waals surface area (Å²) in [5.41, 5.74) is -2.01. The minimum absolute atomic E-state index is 0.444. The van der Waals surface area contributed by atoms with E-state index in [1.807, 2.05) is 0 Å². The molecule has 0 aliphatic heterocycles. The van der Waals surface area contributed by atoms with Crippen molar-refractivity contribution in [3.63, 3.8) is 0 Å². The number of aromatic nitrogens is 2. The molecule has 13 heteroatoms. The third kappa shape index (κ3) is 3.62. The molecule has 2 rings (SSSR count). The summed E-state index contributed by atoms with van der Waals surface area (Å²) in [6.45, 7) is 0. The number of nitrogens with zero attached hydrogens (tertiary/aromatic N) is 2. The average Bonchev–Trinajstić information content (AvgIpc) is 2.80. The zero-order chi connectivity index (χ0) is 20.0. The zero-order valence-electron chi connectivity index (χ0n) is 12.0. The van der Waals surface area contributed by atoms with Crippen LogP contribution < -0.4 is 5.73 Å². The molecule has 0 saturated heterocycles. The molecule has 0 bridgehead atoms. The summed E-state index contributed by atoms with van der Waals surface area (Å²) in [4.78, 5) is -1.02. The molecule has 0 saturated carbocycles. The lowest BCUT2D eigenvalue weighted by Gasteiger charge is -2.13. The van der Waals surface area contributed by atoms with Crippen molar-refractivity contribution < 1.29 is 30.6 Å². The summed E-state index contributed by atoms with van der Waals surface area (Å²) < 4.78 is 88.7. The highest BCUT2D eigenvalue weighted by Gasteiger charge is 2.42. The highest BCUT2D eigenvalue weighted by atomic mass is 35.5. The molecule has 1 heterocycles. The lowest BCUT2D eigenvalue weighted by molar-refractivity contribution is -0.137. The van der Waals surface area contributed by atoms with Crippen LogP contribution in [-0.2, 0) is 17.0 Å². The summed E-state index contributed by atoms with van der Waals surface area (Å²) in [6.07, 6.45) is 0.282. The Morgan fingerprint density at radius 2 is 1.65 bits per heavy atom. The molecule has 2 aromatic rings. The predicted molar refractivity (Wildman–Crippen MR) is 83.4 cm³/mol. The van der Waals surface area contributed by atoms with Crippen molar-refractivity contribution in [3.05, 3.63) is 33.4 Å². The van der Waals surface area contributed by atoms with E-state index < -0.39 is 60.2 Å². The van der Waals surface area contributed by atoms with Gasteiger partial charge in [0.05, 0.1) is 15.6 Å². The molecule has 1 aromatic carbocycles. The van der Waals surface area contributed by atoms with Crippen LogP contribution in [0.1, 0.15) is 11.3 Å². The van der Waals surface area contributed by atoms with Crippen LogP contribution in [0.15, 0.2) is 17.0 Å². The first-order valence-corrected chi connectivity index (χ1v) is 8.10. The number of alkyl halides is 6. The van der Waals surface area contributed by atoms with E-state index in [9.17, 15) is 30.6 Å². The first-order valence-electron chi connectivity index (χ1n) is 6.19. The van der Waals surface area contributed by atoms with Crippen molar-refractivity contribution >= 4 is 39.8 Å². The second-order valence-corrected chi connectivity index (χ2v) is 6.84. The normalized spacial score (nSPS) is 13.5. The maximum absolute atomic E-state index is 12.8. The number of halogens is 8. The van der Waals surface area contributed by atoms with Crippen molar-refractivity contribution in [1.29, 1.82) is 0 Å². The maximum atomic E-state index is 12.8. The average molecular weight is 436 g/mol. The molecule has 0 radical (unpaired) electrons. The van der Waals surface area contributed by atoms with Crippen LogP contribution in [0.25, 0.3) is 5.69 Å². The lowest BCUT2D eigenvalue weighted by atomic mass is 10.2. The Morgan fingerprint density at radius 3 is 2.04 bits per heavy atom. The largest absolute Gasteiger partial charge is 0.476 e. The van der Waals surface area contributed by atoms with Crippen LogP contribution in [0.4, 0.5) is 32.2 Å². The molecule has 140 valence electrons. The maximum Gasteiger partial charge on any atom is 0.476 e. The summed E-state index contributed by atoms with van der Waals surface area (Å²) in [6, 6.07) is 0.972. The van der Waals surface area contributed by atoms with Crippen molar-refractivity contribution in [2.45, 2.75) is 16.6 Å². The highest BCUT2D eigenvalue weighted by molar-refractivity contribution is 7.86. The van der Waals surface area contributed by atoms with Gasteiger partial charge in [0.25, 0.3) is 0 Å². The monoisotopic (exact) mass is 435 g/mol. The molecule has 0 spiro atoms. The van der Waals surface area contributed by atoms with Crippen LogP contribution in [-0.4, -0.2) is 19.5 Å². The number of anilines is 1. The zero-order valence-corrected chi connectivity index (χ0v) is 14.4. The van der Waals surface area contributed by atoms with Gasteiger partial charge in [-0.3, -0.25) is 0 Å². The van der Waals surface area contributed by atoms with Gasteiger partial charge in [-0.2, -0.15) is 31.4 Å². The smallest absolute Gasteiger partial charge is 0.383 e. The Balaban J connectivity index is 2.75. The van der Waals surface area contributed by atoms with E-state index in [1.165, 1.54) is 0 Å². The van der Waals surface area contributed by atoms with E-state index >= 15 is 0 Å². The van der Waals surface area contributed by atoms with Crippen LogP contribution in [0.3, 0.4) is 0 Å². The number of benzene rings is 1. The van der Waals surface area contributed by atoms with Gasteiger partial charge in [0, 0.05) is 0 Å². The first kappa shape index (κ1) is 20.4. The number of hydrogen-bond donors (Lipinski definition) is 1. The number of nitrogens with two attached hydrogens (primary N) is 1. The van der Waals surface area contributed by atoms with Crippen molar-refractivity contribution in [2.24, 2.45) is 0 Å². The fourth-order valence-corrected chi connectivity index (χ4v) is 3.34. The summed E-state index contributed by atoms with van der Waals surface area (Å²) in [5.74, 6) is 0.961. The van der Waals surface area contributed by atoms with Gasteiger partial charge in [-0.05, 0) is 18.1 Å². The molecule has 0 amide bonds. The van der Waals surface area contributed by atoms with Gasteiger partial charge in [-0.1, -0.05) is 23.2 Å². The van der Waals surface area contributed by atoms with Gasteiger partial charge in [-0.25, -0.2) is 8.89 Å². The van der Waals surface area contributed by atoms with Gasteiger partial charge in [0.2, 0.25) is 0 Å². The van der Waals surface area contributed by atoms with E-state index in [0.29, 0.717) is 16.8 Å². The molecule has 0 aliphatic rings.